The fourth-order valence-corrected chi connectivity index (χ4v) is 2.70. The quantitative estimate of drug-likeness (QED) is 0.388. The van der Waals surface area contributed by atoms with Crippen LogP contribution in [0.5, 0.6) is 0 Å². The van der Waals surface area contributed by atoms with E-state index >= 15 is 0 Å². The van der Waals surface area contributed by atoms with E-state index in [1.54, 1.807) is 6.07 Å². The molecule has 0 aromatic heterocycles. The Labute approximate surface area is 158 Å². The van der Waals surface area contributed by atoms with E-state index in [9.17, 15) is 13.2 Å². The smallest absolute Gasteiger partial charge is 0.381 e. The number of hydrogen-bond donors (Lipinski definition) is 2. The van der Waals surface area contributed by atoms with Gasteiger partial charge < -0.3 is 20.1 Å². The van der Waals surface area contributed by atoms with Crippen molar-refractivity contribution < 1.29 is 22.6 Å². The Kier molecular flexibility index (Phi) is 8.87. The zero-order valence-electron chi connectivity index (χ0n) is 15.6. The number of rotatable bonds is 9. The van der Waals surface area contributed by atoms with Crippen molar-refractivity contribution in [2.75, 3.05) is 39.5 Å². The SMILES string of the molecule is CCNC(=NCc1cccc(C(F)(F)F)c1)NCCCOCC1CCOC1. The third kappa shape index (κ3) is 8.17. The van der Waals surface area contributed by atoms with E-state index in [4.69, 9.17) is 9.47 Å². The highest BCUT2D eigenvalue weighted by Crippen LogP contribution is 2.29. The third-order valence-corrected chi connectivity index (χ3v) is 4.15. The largest absolute Gasteiger partial charge is 0.416 e. The molecule has 27 heavy (non-hydrogen) atoms. The van der Waals surface area contributed by atoms with E-state index in [-0.39, 0.29) is 6.54 Å². The number of guanidine groups is 1. The van der Waals surface area contributed by atoms with Crippen LogP contribution in [-0.4, -0.2) is 45.5 Å². The van der Waals surface area contributed by atoms with E-state index in [1.807, 2.05) is 6.92 Å². The standard InChI is InChI=1S/C19H28F3N3O2/c1-2-23-18(24-8-4-9-26-13-16-7-10-27-14-16)25-12-15-5-3-6-17(11-15)19(20,21)22/h3,5-6,11,16H,2,4,7-10,12-14H2,1H3,(H2,23,24,25). The topological polar surface area (TPSA) is 54.9 Å². The number of benzene rings is 1. The summed E-state index contributed by atoms with van der Waals surface area (Å²) in [5.41, 5.74) is -0.137. The first kappa shape index (κ1) is 21.5. The van der Waals surface area contributed by atoms with Gasteiger partial charge in [-0.05, 0) is 37.5 Å². The first-order chi connectivity index (χ1) is 13.0. The van der Waals surface area contributed by atoms with Crippen molar-refractivity contribution in [3.05, 3.63) is 35.4 Å². The summed E-state index contributed by atoms with van der Waals surface area (Å²) in [5, 5.41) is 6.27. The summed E-state index contributed by atoms with van der Waals surface area (Å²) in [5.74, 6) is 1.09. The van der Waals surface area contributed by atoms with Crippen molar-refractivity contribution in [2.24, 2.45) is 10.9 Å². The summed E-state index contributed by atoms with van der Waals surface area (Å²) < 4.78 is 49.3. The molecular weight excluding hydrogens is 359 g/mol. The van der Waals surface area contributed by atoms with Gasteiger partial charge in [0.2, 0.25) is 0 Å². The average Bonchev–Trinajstić information content (AvgIpc) is 3.15. The lowest BCUT2D eigenvalue weighted by Crippen LogP contribution is -2.38. The van der Waals surface area contributed by atoms with Crippen LogP contribution in [0.15, 0.2) is 29.3 Å². The van der Waals surface area contributed by atoms with Gasteiger partial charge in [0.15, 0.2) is 5.96 Å². The van der Waals surface area contributed by atoms with Gasteiger partial charge in [0, 0.05) is 32.2 Å². The summed E-state index contributed by atoms with van der Waals surface area (Å²) in [6.45, 7) is 6.45. The second-order valence-corrected chi connectivity index (χ2v) is 6.48. The molecule has 8 heteroatoms. The summed E-state index contributed by atoms with van der Waals surface area (Å²) >= 11 is 0. The maximum Gasteiger partial charge on any atom is 0.416 e. The maximum atomic E-state index is 12.8. The molecule has 0 aliphatic carbocycles. The van der Waals surface area contributed by atoms with Crippen LogP contribution in [-0.2, 0) is 22.2 Å². The molecule has 1 aliphatic heterocycles. The molecule has 1 fully saturated rings. The molecule has 1 aromatic carbocycles. The monoisotopic (exact) mass is 387 g/mol. The highest BCUT2D eigenvalue weighted by Gasteiger charge is 2.30. The molecule has 2 N–H and O–H groups in total. The van der Waals surface area contributed by atoms with Gasteiger partial charge in [-0.2, -0.15) is 13.2 Å². The molecule has 0 bridgehead atoms. The number of alkyl halides is 3. The zero-order valence-corrected chi connectivity index (χ0v) is 15.6. The first-order valence-corrected chi connectivity index (χ1v) is 9.33. The molecule has 1 aliphatic rings. The Morgan fingerprint density at radius 3 is 2.89 bits per heavy atom. The van der Waals surface area contributed by atoms with Crippen LogP contribution in [0.2, 0.25) is 0 Å². The predicted octanol–water partition coefficient (Wildman–Crippen LogP) is 3.20. The Balaban J connectivity index is 1.73. The minimum absolute atomic E-state index is 0.178. The Morgan fingerprint density at radius 1 is 1.33 bits per heavy atom. The molecule has 1 aromatic rings. The summed E-state index contributed by atoms with van der Waals surface area (Å²) in [4.78, 5) is 4.36. The van der Waals surface area contributed by atoms with Crippen LogP contribution < -0.4 is 10.6 Å². The number of nitrogens with zero attached hydrogens (tertiary/aromatic N) is 1. The lowest BCUT2D eigenvalue weighted by molar-refractivity contribution is -0.137. The van der Waals surface area contributed by atoms with Gasteiger partial charge in [-0.1, -0.05) is 12.1 Å². The lowest BCUT2D eigenvalue weighted by Gasteiger charge is -2.13. The van der Waals surface area contributed by atoms with Crippen molar-refractivity contribution >= 4 is 5.96 Å². The van der Waals surface area contributed by atoms with Gasteiger partial charge in [0.25, 0.3) is 0 Å². The Hall–Kier alpha value is -1.80. The minimum atomic E-state index is -4.34. The van der Waals surface area contributed by atoms with Gasteiger partial charge in [0.05, 0.1) is 25.3 Å². The zero-order chi connectivity index (χ0) is 19.5. The van der Waals surface area contributed by atoms with Crippen molar-refractivity contribution in [3.63, 3.8) is 0 Å². The minimum Gasteiger partial charge on any atom is -0.381 e. The summed E-state index contributed by atoms with van der Waals surface area (Å²) in [6.07, 6.45) is -2.46. The normalized spacial score (nSPS) is 17.9. The van der Waals surface area contributed by atoms with Crippen LogP contribution in [0.25, 0.3) is 0 Å². The van der Waals surface area contributed by atoms with E-state index in [0.29, 0.717) is 37.1 Å². The van der Waals surface area contributed by atoms with Gasteiger partial charge >= 0.3 is 6.18 Å². The third-order valence-electron chi connectivity index (χ3n) is 4.15. The number of ether oxygens (including phenoxy) is 2. The molecule has 1 atom stereocenters. The maximum absolute atomic E-state index is 12.8. The van der Waals surface area contributed by atoms with Crippen LogP contribution in [0.4, 0.5) is 13.2 Å². The molecular formula is C19H28F3N3O2. The lowest BCUT2D eigenvalue weighted by atomic mass is 10.1. The fraction of sp³-hybridized carbons (Fsp3) is 0.632. The highest BCUT2D eigenvalue weighted by molar-refractivity contribution is 5.79. The van der Waals surface area contributed by atoms with Crippen molar-refractivity contribution in [1.29, 1.82) is 0 Å². The van der Waals surface area contributed by atoms with Gasteiger partial charge in [0.1, 0.15) is 0 Å². The predicted molar refractivity (Wildman–Crippen MR) is 98.6 cm³/mol. The molecule has 152 valence electrons. The molecule has 0 radical (unpaired) electrons. The van der Waals surface area contributed by atoms with Gasteiger partial charge in [-0.25, -0.2) is 4.99 Å². The van der Waals surface area contributed by atoms with E-state index in [1.165, 1.54) is 6.07 Å². The Bertz CT molecular complexity index is 588. The Morgan fingerprint density at radius 2 is 2.19 bits per heavy atom. The number of aliphatic imine (C=N–C) groups is 1. The summed E-state index contributed by atoms with van der Waals surface area (Å²) in [7, 11) is 0. The van der Waals surface area contributed by atoms with Crippen molar-refractivity contribution in [2.45, 2.75) is 32.5 Å². The van der Waals surface area contributed by atoms with Crippen LogP contribution in [0.1, 0.15) is 30.9 Å². The molecule has 0 amide bonds. The van der Waals surface area contributed by atoms with E-state index in [2.05, 4.69) is 15.6 Å². The van der Waals surface area contributed by atoms with Gasteiger partial charge in [-0.3, -0.25) is 0 Å². The number of hydrogen-bond acceptors (Lipinski definition) is 3. The van der Waals surface area contributed by atoms with E-state index < -0.39 is 11.7 Å². The molecule has 2 rings (SSSR count). The molecule has 1 saturated heterocycles. The molecule has 1 unspecified atom stereocenters. The van der Waals surface area contributed by atoms with E-state index in [0.717, 1.165) is 44.8 Å². The highest BCUT2D eigenvalue weighted by atomic mass is 19.4. The molecule has 5 nitrogen and oxygen atoms in total. The van der Waals surface area contributed by atoms with Crippen LogP contribution in [0.3, 0.4) is 0 Å². The molecule has 0 spiro atoms. The number of nitrogens with one attached hydrogen (secondary N) is 2. The number of halogens is 3. The van der Waals surface area contributed by atoms with Crippen molar-refractivity contribution in [1.82, 2.24) is 10.6 Å². The first-order valence-electron chi connectivity index (χ1n) is 9.33. The molecule has 0 saturated carbocycles. The van der Waals surface area contributed by atoms with Crippen LogP contribution in [0, 0.1) is 5.92 Å². The second-order valence-electron chi connectivity index (χ2n) is 6.48. The fourth-order valence-electron chi connectivity index (χ4n) is 2.70. The average molecular weight is 387 g/mol. The van der Waals surface area contributed by atoms with Crippen LogP contribution >= 0.6 is 0 Å². The second kappa shape index (κ2) is 11.1. The summed E-state index contributed by atoms with van der Waals surface area (Å²) in [6, 6.07) is 5.24. The van der Waals surface area contributed by atoms with Gasteiger partial charge in [-0.15, -0.1) is 0 Å². The van der Waals surface area contributed by atoms with Crippen molar-refractivity contribution in [3.8, 4) is 0 Å². The molecule has 1 heterocycles.